The summed E-state index contributed by atoms with van der Waals surface area (Å²) >= 11 is 0. The topological polar surface area (TPSA) is 88.5 Å². The van der Waals surface area contributed by atoms with Gasteiger partial charge in [0.2, 0.25) is 0 Å². The van der Waals surface area contributed by atoms with Gasteiger partial charge in [-0.3, -0.25) is 0 Å². The highest BCUT2D eigenvalue weighted by Gasteiger charge is 2.32. The summed E-state index contributed by atoms with van der Waals surface area (Å²) in [5, 5.41) is 11.2. The summed E-state index contributed by atoms with van der Waals surface area (Å²) in [6.45, 7) is 3.33. The molecule has 0 saturated carbocycles. The molecule has 0 aliphatic heterocycles. The molecular weight excluding hydrogens is 317 g/mol. The third kappa shape index (κ3) is 5.61. The number of carbonyl (C=O) groups is 2. The lowest BCUT2D eigenvalue weighted by Crippen LogP contribution is -2.21. The van der Waals surface area contributed by atoms with Crippen LogP contribution in [0.5, 0.6) is 0 Å². The average molecular weight is 332 g/mol. The molecule has 2 N–H and O–H groups in total. The minimum atomic E-state index is -4.63. The van der Waals surface area contributed by atoms with Gasteiger partial charge >= 0.3 is 18.1 Å². The molecule has 1 atom stereocenters. The van der Waals surface area contributed by atoms with Crippen molar-refractivity contribution in [1.82, 2.24) is 4.98 Å². The summed E-state index contributed by atoms with van der Waals surface area (Å²) in [6, 6.07) is 3.07. The molecule has 1 unspecified atom stereocenters. The molecule has 126 valence electrons. The first-order chi connectivity index (χ1) is 10.6. The Kier molecular flexibility index (Phi) is 6.11. The summed E-state index contributed by atoms with van der Waals surface area (Å²) in [6.07, 6.45) is -3.89. The zero-order valence-corrected chi connectivity index (χ0v) is 12.3. The molecule has 6 nitrogen and oxygen atoms in total. The monoisotopic (exact) mass is 332 g/mol. The SMILES string of the molecule is CCC(C)OC(=O)C(=CNc1cccc(C(F)(F)F)n1)C(=O)O. The second-order valence-corrected chi connectivity index (χ2v) is 4.54. The van der Waals surface area contributed by atoms with E-state index in [-0.39, 0.29) is 5.82 Å². The molecule has 0 aliphatic carbocycles. The highest BCUT2D eigenvalue weighted by molar-refractivity contribution is 6.13. The molecule has 0 aromatic carbocycles. The van der Waals surface area contributed by atoms with Crippen LogP contribution in [0.3, 0.4) is 0 Å². The largest absolute Gasteiger partial charge is 0.477 e. The van der Waals surface area contributed by atoms with E-state index in [1.165, 1.54) is 6.07 Å². The molecule has 9 heteroatoms. The molecule has 1 heterocycles. The van der Waals surface area contributed by atoms with Crippen LogP contribution in [0.15, 0.2) is 30.0 Å². The maximum atomic E-state index is 12.5. The first-order valence-corrected chi connectivity index (χ1v) is 6.60. The first-order valence-electron chi connectivity index (χ1n) is 6.60. The summed E-state index contributed by atoms with van der Waals surface area (Å²) in [5.41, 5.74) is -1.89. The van der Waals surface area contributed by atoms with Crippen LogP contribution < -0.4 is 5.32 Å². The number of pyridine rings is 1. The van der Waals surface area contributed by atoms with Gasteiger partial charge in [-0.05, 0) is 25.5 Å². The van der Waals surface area contributed by atoms with Gasteiger partial charge in [-0.2, -0.15) is 13.2 Å². The number of hydrogen-bond acceptors (Lipinski definition) is 5. The fraction of sp³-hybridized carbons (Fsp3) is 0.357. The highest BCUT2D eigenvalue weighted by Crippen LogP contribution is 2.28. The van der Waals surface area contributed by atoms with Gasteiger partial charge in [-0.15, -0.1) is 0 Å². The minimum Gasteiger partial charge on any atom is -0.477 e. The number of carboxylic acids is 1. The van der Waals surface area contributed by atoms with Gasteiger partial charge in [-0.25, -0.2) is 14.6 Å². The van der Waals surface area contributed by atoms with Crippen molar-refractivity contribution in [1.29, 1.82) is 0 Å². The van der Waals surface area contributed by atoms with Crippen molar-refractivity contribution in [2.75, 3.05) is 5.32 Å². The Balaban J connectivity index is 2.94. The molecule has 0 saturated heterocycles. The molecule has 23 heavy (non-hydrogen) atoms. The summed E-state index contributed by atoms with van der Waals surface area (Å²) in [7, 11) is 0. The number of carboxylic acid groups (broad SMARTS) is 1. The van der Waals surface area contributed by atoms with Gasteiger partial charge in [-0.1, -0.05) is 13.0 Å². The number of carbonyl (C=O) groups excluding carboxylic acids is 1. The molecule has 0 spiro atoms. The third-order valence-corrected chi connectivity index (χ3v) is 2.74. The van der Waals surface area contributed by atoms with E-state index in [2.05, 4.69) is 10.3 Å². The van der Waals surface area contributed by atoms with Gasteiger partial charge in [0.05, 0.1) is 6.10 Å². The maximum Gasteiger partial charge on any atom is 0.433 e. The van der Waals surface area contributed by atoms with Crippen LogP contribution in [0, 0.1) is 0 Å². The zero-order valence-electron chi connectivity index (χ0n) is 12.3. The Bertz CT molecular complexity index is 614. The highest BCUT2D eigenvalue weighted by atomic mass is 19.4. The van der Waals surface area contributed by atoms with Crippen molar-refractivity contribution < 1.29 is 32.6 Å². The molecular formula is C14H15F3N2O4. The number of nitrogens with zero attached hydrogens (tertiary/aromatic N) is 1. The minimum absolute atomic E-state index is 0.255. The molecule has 1 aromatic heterocycles. The maximum absolute atomic E-state index is 12.5. The van der Waals surface area contributed by atoms with E-state index in [4.69, 9.17) is 9.84 Å². The number of halogens is 3. The number of alkyl halides is 3. The van der Waals surface area contributed by atoms with Crippen LogP contribution in [0.4, 0.5) is 19.0 Å². The fourth-order valence-corrected chi connectivity index (χ4v) is 1.36. The van der Waals surface area contributed by atoms with E-state index in [0.29, 0.717) is 6.42 Å². The van der Waals surface area contributed by atoms with Crippen LogP contribution in [0.25, 0.3) is 0 Å². The van der Waals surface area contributed by atoms with E-state index in [1.807, 2.05) is 0 Å². The smallest absolute Gasteiger partial charge is 0.433 e. The standard InChI is InChI=1S/C14H15F3N2O4/c1-3-8(2)23-13(22)9(12(20)21)7-18-11-6-4-5-10(19-11)14(15,16)17/h4-8H,3H2,1-2H3,(H,18,19)(H,20,21). The van der Waals surface area contributed by atoms with Gasteiger partial charge in [0, 0.05) is 6.20 Å². The van der Waals surface area contributed by atoms with Gasteiger partial charge in [0.15, 0.2) is 5.57 Å². The average Bonchev–Trinajstić information content (AvgIpc) is 2.46. The van der Waals surface area contributed by atoms with Crippen LogP contribution in [-0.4, -0.2) is 28.1 Å². The van der Waals surface area contributed by atoms with Gasteiger partial charge in [0.25, 0.3) is 0 Å². The Morgan fingerprint density at radius 3 is 2.61 bits per heavy atom. The molecule has 0 aliphatic rings. The Morgan fingerprint density at radius 2 is 2.09 bits per heavy atom. The van der Waals surface area contributed by atoms with Crippen LogP contribution in [0.2, 0.25) is 0 Å². The van der Waals surface area contributed by atoms with E-state index in [0.717, 1.165) is 18.3 Å². The second kappa shape index (κ2) is 7.61. The number of esters is 1. The first kappa shape index (κ1) is 18.5. The summed E-state index contributed by atoms with van der Waals surface area (Å²) in [4.78, 5) is 26.0. The van der Waals surface area contributed by atoms with E-state index >= 15 is 0 Å². The number of hydrogen-bond donors (Lipinski definition) is 2. The van der Waals surface area contributed by atoms with E-state index in [9.17, 15) is 22.8 Å². The van der Waals surface area contributed by atoms with Crippen LogP contribution in [-0.2, 0) is 20.5 Å². The quantitative estimate of drug-likeness (QED) is 0.360. The molecule has 0 radical (unpaired) electrons. The van der Waals surface area contributed by atoms with Crippen LogP contribution >= 0.6 is 0 Å². The lowest BCUT2D eigenvalue weighted by atomic mass is 10.2. The Labute approximate surface area is 130 Å². The lowest BCUT2D eigenvalue weighted by Gasteiger charge is -2.11. The summed E-state index contributed by atoms with van der Waals surface area (Å²) in [5.74, 6) is -2.92. The van der Waals surface area contributed by atoms with Crippen molar-refractivity contribution in [3.8, 4) is 0 Å². The molecule has 0 bridgehead atoms. The number of aromatic nitrogens is 1. The molecule has 1 rings (SSSR count). The predicted octanol–water partition coefficient (Wildman–Crippen LogP) is 2.82. The third-order valence-electron chi connectivity index (χ3n) is 2.74. The van der Waals surface area contributed by atoms with Crippen molar-refractivity contribution in [3.05, 3.63) is 35.7 Å². The van der Waals surface area contributed by atoms with Gasteiger partial charge < -0.3 is 15.2 Å². The molecule has 1 aromatic rings. The Morgan fingerprint density at radius 1 is 1.43 bits per heavy atom. The molecule has 0 amide bonds. The van der Waals surface area contributed by atoms with Crippen molar-refractivity contribution in [2.45, 2.75) is 32.5 Å². The number of aliphatic carboxylic acids is 1. The fourth-order valence-electron chi connectivity index (χ4n) is 1.36. The van der Waals surface area contributed by atoms with Crippen LogP contribution in [0.1, 0.15) is 26.0 Å². The summed E-state index contributed by atoms with van der Waals surface area (Å²) < 4.78 is 42.5. The number of rotatable bonds is 6. The van der Waals surface area contributed by atoms with Crippen molar-refractivity contribution in [2.24, 2.45) is 0 Å². The number of anilines is 1. The Hall–Kier alpha value is -2.58. The predicted molar refractivity (Wildman–Crippen MR) is 74.4 cm³/mol. The van der Waals surface area contributed by atoms with Crippen molar-refractivity contribution >= 4 is 17.8 Å². The molecule has 0 fully saturated rings. The second-order valence-electron chi connectivity index (χ2n) is 4.54. The number of nitrogens with one attached hydrogen (secondary N) is 1. The number of ether oxygens (including phenoxy) is 1. The van der Waals surface area contributed by atoms with Crippen molar-refractivity contribution in [3.63, 3.8) is 0 Å². The van der Waals surface area contributed by atoms with Gasteiger partial charge in [0.1, 0.15) is 11.5 Å². The van der Waals surface area contributed by atoms with E-state index < -0.39 is 35.5 Å². The zero-order chi connectivity index (χ0) is 17.6. The normalized spacial score (nSPS) is 13.3. The van der Waals surface area contributed by atoms with E-state index in [1.54, 1.807) is 13.8 Å². The lowest BCUT2D eigenvalue weighted by molar-refractivity contribution is -0.147.